The SMILES string of the molecule is COC(=O)c1sccc1NC(=O)CN1CCC(CN)CC1.Cl. The van der Waals surface area contributed by atoms with Gasteiger partial charge in [0, 0.05) is 0 Å². The number of ether oxygens (including phenoxy) is 1. The molecule has 0 aliphatic carbocycles. The summed E-state index contributed by atoms with van der Waals surface area (Å²) in [4.78, 5) is 26.2. The highest BCUT2D eigenvalue weighted by Crippen LogP contribution is 2.23. The Labute approximate surface area is 140 Å². The van der Waals surface area contributed by atoms with Crippen LogP contribution in [0.4, 0.5) is 5.69 Å². The number of methoxy groups -OCH3 is 1. The van der Waals surface area contributed by atoms with Gasteiger partial charge in [0.25, 0.3) is 0 Å². The third kappa shape index (κ3) is 4.95. The smallest absolute Gasteiger partial charge is 0.350 e. The first-order valence-corrected chi connectivity index (χ1v) is 7.90. The molecule has 1 aromatic rings. The highest BCUT2D eigenvalue weighted by atomic mass is 35.5. The molecular weight excluding hydrogens is 326 g/mol. The lowest BCUT2D eigenvalue weighted by molar-refractivity contribution is -0.117. The van der Waals surface area contributed by atoms with Crippen molar-refractivity contribution in [1.82, 2.24) is 4.90 Å². The zero-order valence-corrected chi connectivity index (χ0v) is 14.2. The number of halogens is 1. The molecule has 1 amide bonds. The van der Waals surface area contributed by atoms with Crippen molar-refractivity contribution in [3.05, 3.63) is 16.3 Å². The minimum absolute atomic E-state index is 0. The van der Waals surface area contributed by atoms with Gasteiger partial charge in [-0.1, -0.05) is 0 Å². The lowest BCUT2D eigenvalue weighted by Gasteiger charge is -2.30. The quantitative estimate of drug-likeness (QED) is 0.790. The number of hydrogen-bond donors (Lipinski definition) is 2. The van der Waals surface area contributed by atoms with Crippen LogP contribution in [0, 0.1) is 5.92 Å². The predicted molar refractivity (Wildman–Crippen MR) is 89.8 cm³/mol. The molecule has 8 heteroatoms. The van der Waals surface area contributed by atoms with E-state index in [2.05, 4.69) is 15.0 Å². The van der Waals surface area contributed by atoms with E-state index >= 15 is 0 Å². The molecule has 0 bridgehead atoms. The molecule has 2 heterocycles. The van der Waals surface area contributed by atoms with Crippen LogP contribution in [0.2, 0.25) is 0 Å². The third-order valence-electron chi connectivity index (χ3n) is 3.72. The number of esters is 1. The van der Waals surface area contributed by atoms with Crippen molar-refractivity contribution in [2.45, 2.75) is 12.8 Å². The van der Waals surface area contributed by atoms with Gasteiger partial charge in [-0.15, -0.1) is 23.7 Å². The van der Waals surface area contributed by atoms with Crippen LogP contribution in [0.15, 0.2) is 11.4 Å². The maximum absolute atomic E-state index is 12.1. The summed E-state index contributed by atoms with van der Waals surface area (Å²) in [6.07, 6.45) is 2.07. The van der Waals surface area contributed by atoms with Crippen molar-refractivity contribution in [1.29, 1.82) is 0 Å². The fourth-order valence-corrected chi connectivity index (χ4v) is 3.20. The van der Waals surface area contributed by atoms with Gasteiger partial charge in [0.2, 0.25) is 5.91 Å². The summed E-state index contributed by atoms with van der Waals surface area (Å²) < 4.78 is 4.69. The molecule has 2 rings (SSSR count). The Morgan fingerprint density at radius 1 is 1.45 bits per heavy atom. The van der Waals surface area contributed by atoms with Gasteiger partial charge in [0.05, 0.1) is 19.3 Å². The molecule has 1 aliphatic heterocycles. The van der Waals surface area contributed by atoms with Crippen LogP contribution in [-0.4, -0.2) is 50.1 Å². The molecule has 0 unspecified atom stereocenters. The Kier molecular flexibility index (Phi) is 7.81. The molecule has 6 nitrogen and oxygen atoms in total. The molecule has 0 saturated carbocycles. The summed E-state index contributed by atoms with van der Waals surface area (Å²) in [6, 6.07) is 1.72. The Balaban J connectivity index is 0.00000242. The van der Waals surface area contributed by atoms with Gasteiger partial charge >= 0.3 is 5.97 Å². The number of hydrogen-bond acceptors (Lipinski definition) is 6. The van der Waals surface area contributed by atoms with Crippen LogP contribution in [0.3, 0.4) is 0 Å². The number of rotatable bonds is 5. The van der Waals surface area contributed by atoms with Crippen molar-refractivity contribution in [3.63, 3.8) is 0 Å². The Morgan fingerprint density at radius 3 is 2.73 bits per heavy atom. The normalized spacial score (nSPS) is 15.9. The van der Waals surface area contributed by atoms with Crippen LogP contribution in [-0.2, 0) is 9.53 Å². The average molecular weight is 348 g/mol. The molecule has 1 saturated heterocycles. The number of anilines is 1. The van der Waals surface area contributed by atoms with Gasteiger partial charge in [0.1, 0.15) is 4.88 Å². The van der Waals surface area contributed by atoms with Gasteiger partial charge in [-0.25, -0.2) is 4.79 Å². The van der Waals surface area contributed by atoms with Crippen molar-refractivity contribution < 1.29 is 14.3 Å². The number of amides is 1. The number of carbonyl (C=O) groups is 2. The summed E-state index contributed by atoms with van der Waals surface area (Å²) in [5.74, 6) is 0.0425. The van der Waals surface area contributed by atoms with Crippen molar-refractivity contribution >= 4 is 41.3 Å². The topological polar surface area (TPSA) is 84.7 Å². The van der Waals surface area contributed by atoms with E-state index in [1.807, 2.05) is 0 Å². The molecule has 0 spiro atoms. The highest BCUT2D eigenvalue weighted by Gasteiger charge is 2.21. The molecule has 0 aromatic carbocycles. The number of carbonyl (C=O) groups excluding carboxylic acids is 2. The molecule has 1 fully saturated rings. The number of nitrogens with two attached hydrogens (primary N) is 1. The first kappa shape index (κ1) is 18.9. The van der Waals surface area contributed by atoms with Gasteiger partial charge in [0.15, 0.2) is 0 Å². The van der Waals surface area contributed by atoms with E-state index in [1.165, 1.54) is 18.4 Å². The molecule has 124 valence electrons. The lowest BCUT2D eigenvalue weighted by Crippen LogP contribution is -2.40. The predicted octanol–water partition coefficient (Wildman–Crippen LogP) is 1.57. The Hall–Kier alpha value is -1.15. The van der Waals surface area contributed by atoms with Crippen molar-refractivity contribution in [2.75, 3.05) is 38.6 Å². The molecule has 1 aliphatic rings. The monoisotopic (exact) mass is 347 g/mol. The second-order valence-corrected chi connectivity index (χ2v) is 6.07. The molecule has 3 N–H and O–H groups in total. The van der Waals surface area contributed by atoms with Crippen LogP contribution >= 0.6 is 23.7 Å². The third-order valence-corrected chi connectivity index (χ3v) is 4.61. The summed E-state index contributed by atoms with van der Waals surface area (Å²) in [5, 5.41) is 4.54. The zero-order valence-electron chi connectivity index (χ0n) is 12.5. The van der Waals surface area contributed by atoms with E-state index in [-0.39, 0.29) is 18.3 Å². The van der Waals surface area contributed by atoms with E-state index < -0.39 is 5.97 Å². The molecule has 0 radical (unpaired) electrons. The van der Waals surface area contributed by atoms with E-state index in [1.54, 1.807) is 11.4 Å². The minimum Gasteiger partial charge on any atom is -0.465 e. The Bertz CT molecular complexity index is 501. The molecule has 0 atom stereocenters. The van der Waals surface area contributed by atoms with Gasteiger partial charge in [-0.05, 0) is 49.8 Å². The average Bonchev–Trinajstić information content (AvgIpc) is 2.95. The van der Waals surface area contributed by atoms with Crippen molar-refractivity contribution in [2.24, 2.45) is 11.7 Å². The van der Waals surface area contributed by atoms with Crippen LogP contribution in [0.5, 0.6) is 0 Å². The van der Waals surface area contributed by atoms with Crippen LogP contribution in [0.1, 0.15) is 22.5 Å². The maximum atomic E-state index is 12.1. The second-order valence-electron chi connectivity index (χ2n) is 5.16. The van der Waals surface area contributed by atoms with E-state index in [0.29, 0.717) is 23.0 Å². The van der Waals surface area contributed by atoms with Crippen LogP contribution < -0.4 is 11.1 Å². The molecule has 22 heavy (non-hydrogen) atoms. The fourth-order valence-electron chi connectivity index (χ4n) is 2.43. The molecule has 1 aromatic heterocycles. The Morgan fingerprint density at radius 2 is 2.14 bits per heavy atom. The van der Waals surface area contributed by atoms with Gasteiger partial charge in [-0.3, -0.25) is 9.69 Å². The minimum atomic E-state index is -0.427. The lowest BCUT2D eigenvalue weighted by atomic mass is 9.97. The number of nitrogens with zero attached hydrogens (tertiary/aromatic N) is 1. The first-order chi connectivity index (χ1) is 10.1. The van der Waals surface area contributed by atoms with E-state index in [0.717, 1.165) is 32.5 Å². The number of nitrogens with one attached hydrogen (secondary N) is 1. The number of likely N-dealkylation sites (tertiary alicyclic amines) is 1. The van der Waals surface area contributed by atoms with Gasteiger partial charge < -0.3 is 15.8 Å². The fraction of sp³-hybridized carbons (Fsp3) is 0.571. The first-order valence-electron chi connectivity index (χ1n) is 7.02. The largest absolute Gasteiger partial charge is 0.465 e. The highest BCUT2D eigenvalue weighted by molar-refractivity contribution is 7.12. The number of piperidine rings is 1. The van der Waals surface area contributed by atoms with E-state index in [9.17, 15) is 9.59 Å². The van der Waals surface area contributed by atoms with E-state index in [4.69, 9.17) is 5.73 Å². The van der Waals surface area contributed by atoms with Crippen LogP contribution in [0.25, 0.3) is 0 Å². The van der Waals surface area contributed by atoms with Gasteiger partial charge in [-0.2, -0.15) is 0 Å². The maximum Gasteiger partial charge on any atom is 0.350 e. The summed E-state index contributed by atoms with van der Waals surface area (Å²) in [7, 11) is 1.33. The standard InChI is InChI=1S/C14H21N3O3S.ClH/c1-20-14(19)13-11(4-7-21-13)16-12(18)9-17-5-2-10(8-15)3-6-17;/h4,7,10H,2-3,5-6,8-9,15H2,1H3,(H,16,18);1H. The summed E-state index contributed by atoms with van der Waals surface area (Å²) >= 11 is 1.26. The number of thiophene rings is 1. The summed E-state index contributed by atoms with van der Waals surface area (Å²) in [6.45, 7) is 2.84. The van der Waals surface area contributed by atoms with Crippen molar-refractivity contribution in [3.8, 4) is 0 Å². The summed E-state index contributed by atoms with van der Waals surface area (Å²) in [5.41, 5.74) is 6.18. The molecular formula is C14H22ClN3O3S. The second kappa shape index (κ2) is 9.09. The zero-order chi connectivity index (χ0) is 15.2.